The molecule has 2 nitrogen and oxygen atoms in total. The van der Waals surface area contributed by atoms with Crippen LogP contribution in [0.15, 0.2) is 0 Å². The molecule has 0 aromatic carbocycles. The lowest BCUT2D eigenvalue weighted by molar-refractivity contribution is 0.135. The summed E-state index contributed by atoms with van der Waals surface area (Å²) in [5, 5.41) is 3.42. The lowest BCUT2D eigenvalue weighted by Crippen LogP contribution is -2.54. The molecule has 0 aliphatic heterocycles. The van der Waals surface area contributed by atoms with Crippen LogP contribution in [-0.2, 0) is 0 Å². The molecule has 0 rings (SSSR count). The zero-order chi connectivity index (χ0) is 10.5. The molecule has 0 saturated heterocycles. The fourth-order valence-corrected chi connectivity index (χ4v) is 1.57. The fraction of sp³-hybridized carbons (Fsp3) is 1.00. The van der Waals surface area contributed by atoms with Crippen LogP contribution in [0.3, 0.4) is 0 Å². The number of nitrogens with zero attached hydrogens (tertiary/aromatic N) is 1. The Kier molecular flexibility index (Phi) is 5.57. The van der Waals surface area contributed by atoms with Crippen molar-refractivity contribution in [3.05, 3.63) is 0 Å². The van der Waals surface area contributed by atoms with Crippen molar-refractivity contribution in [1.82, 2.24) is 10.2 Å². The van der Waals surface area contributed by atoms with Crippen molar-refractivity contribution in [3.8, 4) is 0 Å². The number of hydrogen-bond donors (Lipinski definition) is 1. The Bertz CT molecular complexity index is 130. The summed E-state index contributed by atoms with van der Waals surface area (Å²) < 4.78 is 0. The molecule has 80 valence electrons. The molecule has 0 bridgehead atoms. The smallest absolute Gasteiger partial charge is 0.0300 e. The third-order valence-corrected chi connectivity index (χ3v) is 3.20. The normalized spacial score (nSPS) is 15.0. The molecule has 1 N–H and O–H groups in total. The van der Waals surface area contributed by atoms with Gasteiger partial charge in [-0.05, 0) is 41.4 Å². The lowest BCUT2D eigenvalue weighted by atomic mass is 9.89. The first-order valence-corrected chi connectivity index (χ1v) is 5.31. The molecule has 0 aromatic heterocycles. The molecule has 0 heterocycles. The number of hydrogen-bond acceptors (Lipinski definition) is 2. The standard InChI is InChI=1S/C11H26N2/c1-7-8-9-10(12-4)11(2,3)13(5)6/h10,12H,7-9H2,1-6H3. The molecule has 0 aromatic rings. The van der Waals surface area contributed by atoms with Crippen molar-refractivity contribution in [1.29, 1.82) is 0 Å². The number of likely N-dealkylation sites (N-methyl/N-ethyl adjacent to an activating group) is 2. The molecule has 1 unspecified atom stereocenters. The van der Waals surface area contributed by atoms with E-state index in [0.29, 0.717) is 6.04 Å². The quantitative estimate of drug-likeness (QED) is 0.683. The molecule has 2 heteroatoms. The van der Waals surface area contributed by atoms with Gasteiger partial charge in [-0.1, -0.05) is 19.8 Å². The van der Waals surface area contributed by atoms with Crippen molar-refractivity contribution < 1.29 is 0 Å². The third-order valence-electron chi connectivity index (χ3n) is 3.20. The first-order valence-electron chi connectivity index (χ1n) is 5.31. The molecule has 0 radical (unpaired) electrons. The van der Waals surface area contributed by atoms with Crippen molar-refractivity contribution >= 4 is 0 Å². The van der Waals surface area contributed by atoms with Crippen molar-refractivity contribution in [3.63, 3.8) is 0 Å². The van der Waals surface area contributed by atoms with E-state index < -0.39 is 0 Å². The summed E-state index contributed by atoms with van der Waals surface area (Å²) in [6.07, 6.45) is 3.85. The van der Waals surface area contributed by atoms with Gasteiger partial charge in [0.1, 0.15) is 0 Å². The Morgan fingerprint density at radius 2 is 1.85 bits per heavy atom. The molecule has 0 aliphatic carbocycles. The van der Waals surface area contributed by atoms with Gasteiger partial charge < -0.3 is 10.2 Å². The van der Waals surface area contributed by atoms with Gasteiger partial charge in [0.15, 0.2) is 0 Å². The van der Waals surface area contributed by atoms with Crippen LogP contribution >= 0.6 is 0 Å². The maximum Gasteiger partial charge on any atom is 0.0300 e. The van der Waals surface area contributed by atoms with E-state index in [4.69, 9.17) is 0 Å². The average molecular weight is 186 g/mol. The van der Waals surface area contributed by atoms with E-state index in [9.17, 15) is 0 Å². The maximum atomic E-state index is 3.42. The zero-order valence-electron chi connectivity index (χ0n) is 10.1. The van der Waals surface area contributed by atoms with Gasteiger partial charge in [-0.15, -0.1) is 0 Å². The largest absolute Gasteiger partial charge is 0.315 e. The van der Waals surface area contributed by atoms with Crippen LogP contribution in [0.5, 0.6) is 0 Å². The van der Waals surface area contributed by atoms with Gasteiger partial charge in [0.25, 0.3) is 0 Å². The highest BCUT2D eigenvalue weighted by atomic mass is 15.2. The Labute approximate surface area is 83.7 Å². The summed E-state index contributed by atoms with van der Waals surface area (Å²) in [5.74, 6) is 0. The van der Waals surface area contributed by atoms with Gasteiger partial charge in [0.05, 0.1) is 0 Å². The van der Waals surface area contributed by atoms with E-state index in [2.05, 4.69) is 52.1 Å². The topological polar surface area (TPSA) is 15.3 Å². The van der Waals surface area contributed by atoms with Crippen molar-refractivity contribution in [2.75, 3.05) is 21.1 Å². The van der Waals surface area contributed by atoms with E-state index in [1.165, 1.54) is 19.3 Å². The minimum atomic E-state index is 0.240. The molecule has 0 spiro atoms. The fourth-order valence-electron chi connectivity index (χ4n) is 1.57. The summed E-state index contributed by atoms with van der Waals surface area (Å²) in [4.78, 5) is 2.30. The van der Waals surface area contributed by atoms with Gasteiger partial charge in [-0.2, -0.15) is 0 Å². The molecule has 0 amide bonds. The van der Waals surface area contributed by atoms with Crippen LogP contribution in [-0.4, -0.2) is 37.6 Å². The SMILES string of the molecule is CCCCC(NC)C(C)(C)N(C)C. The first-order chi connectivity index (χ1) is 5.96. The van der Waals surface area contributed by atoms with Crippen LogP contribution in [0.4, 0.5) is 0 Å². The molecule has 0 fully saturated rings. The second kappa shape index (κ2) is 5.61. The summed E-state index contributed by atoms with van der Waals surface area (Å²) >= 11 is 0. The highest BCUT2D eigenvalue weighted by Gasteiger charge is 2.29. The molecule has 1 atom stereocenters. The van der Waals surface area contributed by atoms with Crippen LogP contribution in [0.25, 0.3) is 0 Å². The molecule has 0 aliphatic rings. The number of unbranched alkanes of at least 4 members (excludes halogenated alkanes) is 1. The Balaban J connectivity index is 4.19. The van der Waals surface area contributed by atoms with Gasteiger partial charge in [0.2, 0.25) is 0 Å². The summed E-state index contributed by atoms with van der Waals surface area (Å²) in [5.41, 5.74) is 0.240. The minimum absolute atomic E-state index is 0.240. The average Bonchev–Trinajstić information content (AvgIpc) is 2.05. The third kappa shape index (κ3) is 3.65. The van der Waals surface area contributed by atoms with E-state index in [1.54, 1.807) is 0 Å². The maximum absolute atomic E-state index is 3.42. The van der Waals surface area contributed by atoms with Crippen LogP contribution in [0.2, 0.25) is 0 Å². The van der Waals surface area contributed by atoms with Crippen LogP contribution in [0.1, 0.15) is 40.0 Å². The van der Waals surface area contributed by atoms with Gasteiger partial charge in [0, 0.05) is 11.6 Å². The highest BCUT2D eigenvalue weighted by molar-refractivity contribution is 4.90. The van der Waals surface area contributed by atoms with Crippen LogP contribution in [0, 0.1) is 0 Å². The van der Waals surface area contributed by atoms with Gasteiger partial charge in [-0.3, -0.25) is 0 Å². The number of nitrogens with one attached hydrogen (secondary N) is 1. The second-order valence-corrected chi connectivity index (χ2v) is 4.53. The molecular weight excluding hydrogens is 160 g/mol. The Morgan fingerprint density at radius 3 is 2.15 bits per heavy atom. The van der Waals surface area contributed by atoms with Crippen LogP contribution < -0.4 is 5.32 Å². The van der Waals surface area contributed by atoms with Gasteiger partial charge in [-0.25, -0.2) is 0 Å². The lowest BCUT2D eigenvalue weighted by Gasteiger charge is -2.40. The minimum Gasteiger partial charge on any atom is -0.315 e. The summed E-state index contributed by atoms with van der Waals surface area (Å²) in [6.45, 7) is 6.84. The van der Waals surface area contributed by atoms with Crippen molar-refractivity contribution in [2.45, 2.75) is 51.6 Å². The molecular formula is C11H26N2. The summed E-state index contributed by atoms with van der Waals surface area (Å²) in [6, 6.07) is 0.586. The summed E-state index contributed by atoms with van der Waals surface area (Å²) in [7, 11) is 6.36. The predicted octanol–water partition coefficient (Wildman–Crippen LogP) is 2.10. The van der Waals surface area contributed by atoms with E-state index in [-0.39, 0.29) is 5.54 Å². The monoisotopic (exact) mass is 186 g/mol. The van der Waals surface area contributed by atoms with E-state index in [0.717, 1.165) is 0 Å². The molecule has 0 saturated carbocycles. The second-order valence-electron chi connectivity index (χ2n) is 4.53. The molecule has 13 heavy (non-hydrogen) atoms. The van der Waals surface area contributed by atoms with E-state index >= 15 is 0 Å². The van der Waals surface area contributed by atoms with E-state index in [1.807, 2.05) is 0 Å². The highest BCUT2D eigenvalue weighted by Crippen LogP contribution is 2.19. The Hall–Kier alpha value is -0.0800. The number of rotatable bonds is 6. The Morgan fingerprint density at radius 1 is 1.31 bits per heavy atom. The predicted molar refractivity (Wildman–Crippen MR) is 60.1 cm³/mol. The zero-order valence-corrected chi connectivity index (χ0v) is 10.1. The first kappa shape index (κ1) is 12.9. The van der Waals surface area contributed by atoms with Crippen molar-refractivity contribution in [2.24, 2.45) is 0 Å². The van der Waals surface area contributed by atoms with Gasteiger partial charge >= 0.3 is 0 Å².